The Bertz CT molecular complexity index is 1340. The van der Waals surface area contributed by atoms with Gasteiger partial charge in [-0.1, -0.05) is 46.4 Å². The highest BCUT2D eigenvalue weighted by atomic mass is 35.5. The van der Waals surface area contributed by atoms with E-state index in [1.54, 1.807) is 48.7 Å². The summed E-state index contributed by atoms with van der Waals surface area (Å²) in [5.41, 5.74) is 5.44. The molecule has 4 aromatic rings. The molecule has 0 fully saturated rings. The monoisotopic (exact) mass is 535 g/mol. The summed E-state index contributed by atoms with van der Waals surface area (Å²) in [7, 11) is 0. The zero-order valence-electron chi connectivity index (χ0n) is 16.6. The van der Waals surface area contributed by atoms with E-state index in [1.165, 1.54) is 23.5 Å². The quantitative estimate of drug-likeness (QED) is 0.117. The van der Waals surface area contributed by atoms with Crippen molar-refractivity contribution in [2.75, 3.05) is 5.43 Å². The van der Waals surface area contributed by atoms with Crippen LogP contribution in [0.1, 0.15) is 15.9 Å². The predicted octanol–water partition coefficient (Wildman–Crippen LogP) is 8.09. The van der Waals surface area contributed by atoms with Gasteiger partial charge in [-0.3, -0.25) is 5.43 Å². The van der Waals surface area contributed by atoms with Gasteiger partial charge in [-0.2, -0.15) is 5.10 Å². The molecule has 1 N–H and O–H groups in total. The highest BCUT2D eigenvalue weighted by Gasteiger charge is 2.13. The van der Waals surface area contributed by atoms with Gasteiger partial charge in [0, 0.05) is 21.0 Å². The van der Waals surface area contributed by atoms with Crippen molar-refractivity contribution >= 4 is 75.1 Å². The van der Waals surface area contributed by atoms with Crippen LogP contribution in [-0.4, -0.2) is 17.2 Å². The van der Waals surface area contributed by atoms with E-state index in [2.05, 4.69) is 15.5 Å². The maximum Gasteiger partial charge on any atom is 0.345 e. The van der Waals surface area contributed by atoms with Crippen molar-refractivity contribution in [3.8, 4) is 17.0 Å². The molecule has 0 aliphatic rings. The number of nitrogens with zero attached hydrogens (tertiary/aromatic N) is 2. The van der Waals surface area contributed by atoms with Crippen LogP contribution in [0, 0.1) is 0 Å². The number of rotatable bonds is 6. The molecule has 0 spiro atoms. The normalized spacial score (nSPS) is 11.0. The van der Waals surface area contributed by atoms with Gasteiger partial charge in [-0.25, -0.2) is 9.78 Å². The van der Waals surface area contributed by atoms with Crippen LogP contribution in [0.4, 0.5) is 5.13 Å². The third-order valence-corrected chi connectivity index (χ3v) is 6.17. The molecule has 0 amide bonds. The Balaban J connectivity index is 1.36. The van der Waals surface area contributed by atoms with E-state index in [-0.39, 0.29) is 10.6 Å². The lowest BCUT2D eigenvalue weighted by Gasteiger charge is -2.06. The van der Waals surface area contributed by atoms with E-state index in [0.29, 0.717) is 25.9 Å². The highest BCUT2D eigenvalue weighted by Crippen LogP contribution is 2.32. The van der Waals surface area contributed by atoms with E-state index in [0.717, 1.165) is 16.8 Å². The number of anilines is 1. The molecule has 3 aromatic carbocycles. The van der Waals surface area contributed by atoms with Crippen LogP contribution < -0.4 is 10.2 Å². The highest BCUT2D eigenvalue weighted by molar-refractivity contribution is 7.14. The Morgan fingerprint density at radius 3 is 2.33 bits per heavy atom. The zero-order chi connectivity index (χ0) is 23.4. The average molecular weight is 537 g/mol. The molecular formula is C23H13Cl4N3O2S. The van der Waals surface area contributed by atoms with Gasteiger partial charge in [-0.15, -0.1) is 11.3 Å². The first-order valence-corrected chi connectivity index (χ1v) is 11.8. The summed E-state index contributed by atoms with van der Waals surface area (Å²) < 4.78 is 5.36. The SMILES string of the molecule is O=C(Oc1ccc(/C=N\Nc2nc(-c3ccc(Cl)cc3Cl)cs2)cc1)c1ccc(Cl)cc1Cl. The van der Waals surface area contributed by atoms with E-state index in [1.807, 2.05) is 11.4 Å². The number of ether oxygens (including phenoxy) is 1. The fourth-order valence-electron chi connectivity index (χ4n) is 2.75. The molecule has 0 atom stereocenters. The van der Waals surface area contributed by atoms with Gasteiger partial charge < -0.3 is 4.74 Å². The summed E-state index contributed by atoms with van der Waals surface area (Å²) in [6.45, 7) is 0. The first-order valence-electron chi connectivity index (χ1n) is 9.36. The lowest BCUT2D eigenvalue weighted by molar-refractivity contribution is 0.0735. The Morgan fingerprint density at radius 2 is 1.64 bits per heavy atom. The largest absolute Gasteiger partial charge is 0.423 e. The van der Waals surface area contributed by atoms with Crippen LogP contribution in [0.3, 0.4) is 0 Å². The van der Waals surface area contributed by atoms with Gasteiger partial charge in [0.15, 0.2) is 0 Å². The topological polar surface area (TPSA) is 63.6 Å². The zero-order valence-corrected chi connectivity index (χ0v) is 20.4. The third-order valence-electron chi connectivity index (χ3n) is 4.33. The van der Waals surface area contributed by atoms with Gasteiger partial charge in [0.1, 0.15) is 5.75 Å². The number of halogens is 4. The molecule has 0 aliphatic heterocycles. The summed E-state index contributed by atoms with van der Waals surface area (Å²) in [5.74, 6) is -0.194. The second-order valence-electron chi connectivity index (χ2n) is 6.61. The molecule has 10 heteroatoms. The second-order valence-corrected chi connectivity index (χ2v) is 9.16. The molecule has 0 aliphatic carbocycles. The molecule has 1 aromatic heterocycles. The van der Waals surface area contributed by atoms with Crippen LogP contribution in [0.2, 0.25) is 20.1 Å². The second kappa shape index (κ2) is 10.5. The minimum atomic E-state index is -0.569. The minimum Gasteiger partial charge on any atom is -0.423 e. The van der Waals surface area contributed by atoms with E-state index < -0.39 is 5.97 Å². The van der Waals surface area contributed by atoms with Crippen molar-refractivity contribution in [2.24, 2.45) is 5.10 Å². The first kappa shape index (κ1) is 23.5. The number of hydrogen-bond donors (Lipinski definition) is 1. The van der Waals surface area contributed by atoms with Gasteiger partial charge in [0.2, 0.25) is 5.13 Å². The van der Waals surface area contributed by atoms with Crippen molar-refractivity contribution in [3.05, 3.63) is 97.3 Å². The van der Waals surface area contributed by atoms with Crippen LogP contribution in [0.15, 0.2) is 71.1 Å². The van der Waals surface area contributed by atoms with E-state index in [4.69, 9.17) is 51.1 Å². The molecule has 33 heavy (non-hydrogen) atoms. The van der Waals surface area contributed by atoms with Gasteiger partial charge in [0.05, 0.1) is 27.5 Å². The smallest absolute Gasteiger partial charge is 0.345 e. The number of esters is 1. The van der Waals surface area contributed by atoms with Crippen LogP contribution in [0.5, 0.6) is 5.75 Å². The lowest BCUT2D eigenvalue weighted by Crippen LogP contribution is -2.09. The number of nitrogens with one attached hydrogen (secondary N) is 1. The molecule has 0 unspecified atom stereocenters. The number of hydrogen-bond acceptors (Lipinski definition) is 6. The molecule has 0 radical (unpaired) electrons. The van der Waals surface area contributed by atoms with E-state index in [9.17, 15) is 4.79 Å². The molecule has 0 saturated heterocycles. The van der Waals surface area contributed by atoms with Gasteiger partial charge in [0.25, 0.3) is 0 Å². The van der Waals surface area contributed by atoms with Crippen molar-refractivity contribution < 1.29 is 9.53 Å². The van der Waals surface area contributed by atoms with Crippen LogP contribution >= 0.6 is 57.7 Å². The molecule has 5 nitrogen and oxygen atoms in total. The number of carbonyl (C=O) groups is 1. The lowest BCUT2D eigenvalue weighted by atomic mass is 10.2. The Hall–Kier alpha value is -2.61. The summed E-state index contributed by atoms with van der Waals surface area (Å²) in [6.07, 6.45) is 1.62. The molecule has 0 bridgehead atoms. The van der Waals surface area contributed by atoms with Crippen molar-refractivity contribution in [2.45, 2.75) is 0 Å². The van der Waals surface area contributed by atoms with Gasteiger partial charge >= 0.3 is 5.97 Å². The number of benzene rings is 3. The summed E-state index contributed by atoms with van der Waals surface area (Å²) in [5, 5.41) is 8.45. The van der Waals surface area contributed by atoms with Crippen molar-refractivity contribution in [3.63, 3.8) is 0 Å². The maximum atomic E-state index is 12.3. The number of aromatic nitrogens is 1. The maximum absolute atomic E-state index is 12.3. The average Bonchev–Trinajstić information content (AvgIpc) is 3.23. The Morgan fingerprint density at radius 1 is 0.939 bits per heavy atom. The van der Waals surface area contributed by atoms with E-state index >= 15 is 0 Å². The predicted molar refractivity (Wildman–Crippen MR) is 137 cm³/mol. The standard InChI is InChI=1S/C23H13Cl4N3O2S/c24-14-3-7-17(19(26)9-14)21-12-33-23(29-21)30-28-11-13-1-5-16(6-2-13)32-22(31)18-8-4-15(25)10-20(18)27/h1-12H,(H,29,30)/b28-11-. The fraction of sp³-hybridized carbons (Fsp3) is 0. The molecule has 1 heterocycles. The Kier molecular flexibility index (Phi) is 7.53. The molecule has 0 saturated carbocycles. The van der Waals surface area contributed by atoms with Crippen LogP contribution in [-0.2, 0) is 0 Å². The molecule has 4 rings (SSSR count). The van der Waals surface area contributed by atoms with Gasteiger partial charge in [-0.05, 0) is 66.2 Å². The number of thiazole rings is 1. The third kappa shape index (κ3) is 6.05. The molecular weight excluding hydrogens is 524 g/mol. The Labute approximate surface area is 213 Å². The molecule has 166 valence electrons. The number of hydrazone groups is 1. The number of carbonyl (C=O) groups excluding carboxylic acids is 1. The van der Waals surface area contributed by atoms with Crippen LogP contribution in [0.25, 0.3) is 11.3 Å². The minimum absolute atomic E-state index is 0.228. The summed E-state index contributed by atoms with van der Waals surface area (Å²) in [6, 6.07) is 16.7. The summed E-state index contributed by atoms with van der Waals surface area (Å²) >= 11 is 25.5. The van der Waals surface area contributed by atoms with Crippen molar-refractivity contribution in [1.29, 1.82) is 0 Å². The summed E-state index contributed by atoms with van der Waals surface area (Å²) in [4.78, 5) is 16.8. The van der Waals surface area contributed by atoms with Crippen molar-refractivity contribution in [1.82, 2.24) is 4.98 Å². The first-order chi connectivity index (χ1) is 15.9. The fourth-order valence-corrected chi connectivity index (χ4v) is 4.40.